The van der Waals surface area contributed by atoms with Crippen molar-refractivity contribution in [2.75, 3.05) is 6.54 Å². The summed E-state index contributed by atoms with van der Waals surface area (Å²) in [6.07, 6.45) is 1.80. The predicted molar refractivity (Wildman–Crippen MR) is 97.7 cm³/mol. The molecule has 3 nitrogen and oxygen atoms in total. The van der Waals surface area contributed by atoms with Crippen LogP contribution in [0.5, 0.6) is 0 Å². The molecule has 4 heteroatoms. The number of hydrogen-bond donors (Lipinski definition) is 0. The van der Waals surface area contributed by atoms with Crippen LogP contribution in [0.1, 0.15) is 25.2 Å². The first-order valence-electron chi connectivity index (χ1n) is 8.13. The van der Waals surface area contributed by atoms with Crippen molar-refractivity contribution in [1.82, 2.24) is 9.97 Å². The molecule has 0 saturated heterocycles. The summed E-state index contributed by atoms with van der Waals surface area (Å²) in [6, 6.07) is 23.2. The van der Waals surface area contributed by atoms with E-state index in [0.29, 0.717) is 13.1 Å². The Kier molecular flexibility index (Phi) is 7.04. The standard InChI is InChI=1S/C21H21N3.Pt/c1-21(2,16-22-15-18-11-6-7-14-23-18)20-13-8-12-19(24-20)17-9-4-3-5-10-17;/h3-9,11-14H,15-16H2,1-2H3;/q-2;+2. The Morgan fingerprint density at radius 2 is 1.84 bits per heavy atom. The molecule has 3 rings (SSSR count). The number of nitrogens with zero attached hydrogens (tertiary/aromatic N) is 3. The first kappa shape index (κ1) is 19.5. The van der Waals surface area contributed by atoms with Gasteiger partial charge in [-0.15, -0.1) is 49.0 Å². The maximum atomic E-state index is 4.83. The van der Waals surface area contributed by atoms with Gasteiger partial charge < -0.3 is 10.3 Å². The molecule has 0 aliphatic carbocycles. The fraction of sp³-hybridized carbons (Fsp3) is 0.238. The Morgan fingerprint density at radius 1 is 1.00 bits per heavy atom. The number of benzene rings is 1. The average molecular weight is 510 g/mol. The maximum absolute atomic E-state index is 4.83. The Bertz CT molecular complexity index is 773. The van der Waals surface area contributed by atoms with Gasteiger partial charge in [0, 0.05) is 17.6 Å². The van der Waals surface area contributed by atoms with Crippen molar-refractivity contribution in [1.29, 1.82) is 0 Å². The quantitative estimate of drug-likeness (QED) is 0.448. The summed E-state index contributed by atoms with van der Waals surface area (Å²) in [5, 5.41) is 4.68. The van der Waals surface area contributed by atoms with E-state index in [1.54, 1.807) is 6.20 Å². The molecule has 0 radical (unpaired) electrons. The maximum Gasteiger partial charge on any atom is 2.00 e. The van der Waals surface area contributed by atoms with E-state index in [9.17, 15) is 0 Å². The van der Waals surface area contributed by atoms with Crippen molar-refractivity contribution >= 4 is 0 Å². The number of hydrogen-bond acceptors (Lipinski definition) is 2. The summed E-state index contributed by atoms with van der Waals surface area (Å²) in [5.74, 6) is 0. The molecule has 25 heavy (non-hydrogen) atoms. The van der Waals surface area contributed by atoms with Crippen LogP contribution in [0.15, 0.2) is 66.9 Å². The van der Waals surface area contributed by atoms with Crippen molar-refractivity contribution in [3.63, 3.8) is 0 Å². The topological polar surface area (TPSA) is 39.9 Å². The largest absolute Gasteiger partial charge is 2.00 e. The van der Waals surface area contributed by atoms with Crippen LogP contribution in [0.3, 0.4) is 0 Å². The summed E-state index contributed by atoms with van der Waals surface area (Å²) < 4.78 is 0. The van der Waals surface area contributed by atoms with Gasteiger partial charge in [0.15, 0.2) is 0 Å². The van der Waals surface area contributed by atoms with Gasteiger partial charge in [0.2, 0.25) is 0 Å². The molecule has 2 heterocycles. The third-order valence-corrected chi connectivity index (χ3v) is 3.93. The van der Waals surface area contributed by atoms with Gasteiger partial charge in [-0.3, -0.25) is 4.98 Å². The van der Waals surface area contributed by atoms with Crippen molar-refractivity contribution in [2.45, 2.75) is 25.8 Å². The molecule has 3 aromatic rings. The van der Waals surface area contributed by atoms with Gasteiger partial charge in [-0.25, -0.2) is 0 Å². The van der Waals surface area contributed by atoms with Crippen molar-refractivity contribution in [2.24, 2.45) is 0 Å². The molecule has 0 atom stereocenters. The molecule has 130 valence electrons. The molecule has 1 aromatic carbocycles. The van der Waals surface area contributed by atoms with Gasteiger partial charge in [0.05, 0.1) is 0 Å². The van der Waals surface area contributed by atoms with Crippen LogP contribution in [0.25, 0.3) is 16.6 Å². The molecular weight excluding hydrogens is 489 g/mol. The van der Waals surface area contributed by atoms with E-state index in [1.165, 1.54) is 0 Å². The molecule has 0 saturated carbocycles. The summed E-state index contributed by atoms with van der Waals surface area (Å²) in [6.45, 7) is 5.69. The second-order valence-electron chi connectivity index (χ2n) is 6.43. The molecule has 0 aliphatic rings. The normalized spacial score (nSPS) is 11.0. The zero-order valence-corrected chi connectivity index (χ0v) is 16.7. The molecule has 0 N–H and O–H groups in total. The van der Waals surface area contributed by atoms with Crippen LogP contribution >= 0.6 is 0 Å². The van der Waals surface area contributed by atoms with Crippen molar-refractivity contribution in [3.05, 3.63) is 89.6 Å². The van der Waals surface area contributed by atoms with Gasteiger partial charge in [-0.2, -0.15) is 0 Å². The van der Waals surface area contributed by atoms with E-state index in [1.807, 2.05) is 48.5 Å². The van der Waals surface area contributed by atoms with E-state index in [0.717, 1.165) is 22.6 Å². The fourth-order valence-electron chi connectivity index (χ4n) is 2.54. The van der Waals surface area contributed by atoms with Crippen molar-refractivity contribution in [3.8, 4) is 11.3 Å². The summed E-state index contributed by atoms with van der Waals surface area (Å²) in [5.41, 5.74) is 3.88. The van der Waals surface area contributed by atoms with Gasteiger partial charge >= 0.3 is 21.1 Å². The zero-order chi connectivity index (χ0) is 16.8. The Labute approximate surface area is 164 Å². The number of aromatic nitrogens is 2. The van der Waals surface area contributed by atoms with Gasteiger partial charge in [0.1, 0.15) is 0 Å². The second kappa shape index (κ2) is 9.03. The number of pyridine rings is 2. The van der Waals surface area contributed by atoms with E-state index in [-0.39, 0.29) is 26.5 Å². The van der Waals surface area contributed by atoms with Gasteiger partial charge in [-0.1, -0.05) is 32.0 Å². The van der Waals surface area contributed by atoms with Crippen LogP contribution in [0, 0.1) is 6.07 Å². The predicted octanol–water partition coefficient (Wildman–Crippen LogP) is 4.79. The SMILES string of the molecule is CC(C)(C[N-]Cc1ccccn1)c1cccc(-c2[c-]cccc2)n1.[Pt+2]. The third-order valence-electron chi connectivity index (χ3n) is 3.93. The molecule has 0 fully saturated rings. The third kappa shape index (κ3) is 5.32. The minimum Gasteiger partial charge on any atom is -0.656 e. The van der Waals surface area contributed by atoms with Crippen LogP contribution in [-0.4, -0.2) is 16.5 Å². The summed E-state index contributed by atoms with van der Waals surface area (Å²) in [4.78, 5) is 9.14. The fourth-order valence-corrected chi connectivity index (χ4v) is 2.54. The molecular formula is C21H21N3Pt. The molecule has 0 bridgehead atoms. The van der Waals surface area contributed by atoms with E-state index in [2.05, 4.69) is 42.3 Å². The van der Waals surface area contributed by atoms with Crippen LogP contribution in [-0.2, 0) is 33.0 Å². The van der Waals surface area contributed by atoms with Crippen LogP contribution < -0.4 is 0 Å². The van der Waals surface area contributed by atoms with E-state index in [4.69, 9.17) is 4.98 Å². The first-order valence-corrected chi connectivity index (χ1v) is 8.13. The molecule has 0 spiro atoms. The summed E-state index contributed by atoms with van der Waals surface area (Å²) >= 11 is 0. The van der Waals surface area contributed by atoms with Gasteiger partial charge in [-0.05, 0) is 29.3 Å². The average Bonchev–Trinajstić information content (AvgIpc) is 2.63. The van der Waals surface area contributed by atoms with Gasteiger partial charge in [0.25, 0.3) is 0 Å². The Balaban J connectivity index is 0.00000225. The van der Waals surface area contributed by atoms with Crippen molar-refractivity contribution < 1.29 is 21.1 Å². The van der Waals surface area contributed by atoms with Crippen LogP contribution in [0.4, 0.5) is 0 Å². The summed E-state index contributed by atoms with van der Waals surface area (Å²) in [7, 11) is 0. The molecule has 0 amide bonds. The molecule has 0 unspecified atom stereocenters. The molecule has 2 aromatic heterocycles. The first-order chi connectivity index (χ1) is 11.6. The minimum absolute atomic E-state index is 0. The van der Waals surface area contributed by atoms with E-state index >= 15 is 0 Å². The minimum atomic E-state index is -0.125. The van der Waals surface area contributed by atoms with E-state index < -0.39 is 0 Å². The Morgan fingerprint density at radius 3 is 2.56 bits per heavy atom. The monoisotopic (exact) mass is 510 g/mol. The smallest absolute Gasteiger partial charge is 0.656 e. The molecule has 0 aliphatic heterocycles. The second-order valence-corrected chi connectivity index (χ2v) is 6.43. The van der Waals surface area contributed by atoms with Crippen LogP contribution in [0.2, 0.25) is 0 Å². The zero-order valence-electron chi connectivity index (χ0n) is 14.4. The number of rotatable bonds is 6. The Hall–Kier alpha value is -1.83.